The van der Waals surface area contributed by atoms with E-state index in [1.807, 2.05) is 0 Å². The minimum Gasteiger partial charge on any atom is -0.396 e. The van der Waals surface area contributed by atoms with Crippen LogP contribution in [0.2, 0.25) is 0 Å². The van der Waals surface area contributed by atoms with Crippen LogP contribution < -0.4 is 5.32 Å². The third kappa shape index (κ3) is 7.38. The summed E-state index contributed by atoms with van der Waals surface area (Å²) in [5.41, 5.74) is -0.934. The predicted molar refractivity (Wildman–Crippen MR) is 98.7 cm³/mol. The highest BCUT2D eigenvalue weighted by Gasteiger charge is 2.32. The van der Waals surface area contributed by atoms with Crippen molar-refractivity contribution in [2.45, 2.75) is 59.0 Å². The van der Waals surface area contributed by atoms with Crippen molar-refractivity contribution < 1.29 is 29.4 Å². The first-order valence-electron chi connectivity index (χ1n) is 9.46. The predicted octanol–water partition coefficient (Wildman–Crippen LogP) is 0.0490. The van der Waals surface area contributed by atoms with Crippen molar-refractivity contribution in [2.75, 3.05) is 26.2 Å². The van der Waals surface area contributed by atoms with Crippen LogP contribution in [0.3, 0.4) is 0 Å². The monoisotopic (exact) mass is 384 g/mol. The van der Waals surface area contributed by atoms with Crippen molar-refractivity contribution in [2.24, 2.45) is 11.3 Å². The summed E-state index contributed by atoms with van der Waals surface area (Å²) < 4.78 is 0. The number of carbonyl (C=O) groups is 4. The van der Waals surface area contributed by atoms with Crippen molar-refractivity contribution in [1.29, 1.82) is 0 Å². The summed E-state index contributed by atoms with van der Waals surface area (Å²) in [5, 5.41) is 21.7. The van der Waals surface area contributed by atoms with Crippen LogP contribution in [0.4, 0.5) is 0 Å². The topological polar surface area (TPSA) is 124 Å². The summed E-state index contributed by atoms with van der Waals surface area (Å²) in [5.74, 6) is -1.39. The second-order valence-electron chi connectivity index (χ2n) is 7.95. The molecule has 0 bridgehead atoms. The van der Waals surface area contributed by atoms with Crippen LogP contribution in [0, 0.1) is 11.3 Å². The zero-order chi connectivity index (χ0) is 20.6. The molecule has 1 heterocycles. The van der Waals surface area contributed by atoms with Gasteiger partial charge >= 0.3 is 0 Å². The molecule has 0 aromatic carbocycles. The Morgan fingerprint density at radius 3 is 2.26 bits per heavy atom. The van der Waals surface area contributed by atoms with Gasteiger partial charge in [-0.25, -0.2) is 0 Å². The smallest absolute Gasteiger partial charge is 0.287 e. The van der Waals surface area contributed by atoms with E-state index in [2.05, 4.69) is 5.32 Å². The van der Waals surface area contributed by atoms with E-state index in [1.54, 1.807) is 18.7 Å². The highest BCUT2D eigenvalue weighted by molar-refractivity contribution is 6.36. The SMILES string of the molecule is CC(=O)N1CCC(CNC(=O)C(=O)CCCC(=O)[C@H](O)C(C)(C)CO)CC1. The second kappa shape index (κ2) is 10.5. The molecule has 8 heteroatoms. The lowest BCUT2D eigenvalue weighted by Crippen LogP contribution is -2.41. The molecular formula is C19H32N2O6. The van der Waals surface area contributed by atoms with Crippen LogP contribution in [0.1, 0.15) is 52.9 Å². The quantitative estimate of drug-likeness (QED) is 0.457. The minimum absolute atomic E-state index is 0.0207. The maximum atomic E-state index is 11.9. The van der Waals surface area contributed by atoms with E-state index < -0.39 is 29.0 Å². The molecule has 0 saturated carbocycles. The van der Waals surface area contributed by atoms with Crippen molar-refractivity contribution in [3.05, 3.63) is 0 Å². The summed E-state index contributed by atoms with van der Waals surface area (Å²) >= 11 is 0. The standard InChI is InChI=1S/C19H32N2O6/c1-13(23)21-9-7-14(8-10-21)11-20-18(27)16(25)6-4-5-15(24)17(26)19(2,3)12-22/h14,17,22,26H,4-12H2,1-3H3,(H,20,27)/t17-/m0/s1. The van der Waals surface area contributed by atoms with Gasteiger partial charge in [-0.1, -0.05) is 13.8 Å². The van der Waals surface area contributed by atoms with Crippen LogP contribution >= 0.6 is 0 Å². The Balaban J connectivity index is 2.26. The van der Waals surface area contributed by atoms with Gasteiger partial charge < -0.3 is 20.4 Å². The van der Waals surface area contributed by atoms with Crippen LogP contribution in [0.15, 0.2) is 0 Å². The molecular weight excluding hydrogens is 352 g/mol. The lowest BCUT2D eigenvalue weighted by Gasteiger charge is -2.31. The molecule has 0 aromatic rings. The van der Waals surface area contributed by atoms with Crippen LogP contribution in [0.25, 0.3) is 0 Å². The van der Waals surface area contributed by atoms with E-state index in [1.165, 1.54) is 6.92 Å². The minimum atomic E-state index is -1.30. The lowest BCUT2D eigenvalue weighted by atomic mass is 9.84. The van der Waals surface area contributed by atoms with E-state index in [4.69, 9.17) is 5.11 Å². The van der Waals surface area contributed by atoms with Crippen molar-refractivity contribution in [1.82, 2.24) is 10.2 Å². The summed E-state index contributed by atoms with van der Waals surface area (Å²) in [6.45, 7) is 6.10. The molecule has 3 N–H and O–H groups in total. The van der Waals surface area contributed by atoms with Crippen molar-refractivity contribution in [3.63, 3.8) is 0 Å². The second-order valence-corrected chi connectivity index (χ2v) is 7.95. The molecule has 1 rings (SSSR count). The van der Waals surface area contributed by atoms with Gasteiger partial charge in [0, 0.05) is 44.8 Å². The first-order chi connectivity index (χ1) is 12.6. The number of amides is 2. The average molecular weight is 384 g/mol. The Kier molecular flexibility index (Phi) is 9.05. The van der Waals surface area contributed by atoms with Gasteiger partial charge in [0.2, 0.25) is 11.7 Å². The Bertz CT molecular complexity index is 552. The van der Waals surface area contributed by atoms with Gasteiger partial charge in [0.05, 0.1) is 6.61 Å². The van der Waals surface area contributed by atoms with Gasteiger partial charge in [-0.15, -0.1) is 0 Å². The molecule has 0 radical (unpaired) electrons. The third-order valence-electron chi connectivity index (χ3n) is 5.14. The molecule has 1 aliphatic heterocycles. The van der Waals surface area contributed by atoms with E-state index >= 15 is 0 Å². The highest BCUT2D eigenvalue weighted by atomic mass is 16.3. The molecule has 8 nitrogen and oxygen atoms in total. The summed E-state index contributed by atoms with van der Waals surface area (Å²) in [7, 11) is 0. The van der Waals surface area contributed by atoms with Gasteiger partial charge in [-0.05, 0) is 25.2 Å². The van der Waals surface area contributed by atoms with E-state index in [0.29, 0.717) is 19.6 Å². The fraction of sp³-hybridized carbons (Fsp3) is 0.789. The number of aliphatic hydroxyl groups is 2. The van der Waals surface area contributed by atoms with Gasteiger partial charge in [-0.3, -0.25) is 19.2 Å². The number of nitrogens with one attached hydrogen (secondary N) is 1. The maximum Gasteiger partial charge on any atom is 0.287 e. The molecule has 27 heavy (non-hydrogen) atoms. The van der Waals surface area contributed by atoms with Crippen LogP contribution in [-0.2, 0) is 19.2 Å². The summed E-state index contributed by atoms with van der Waals surface area (Å²) in [6.07, 6.45) is 0.384. The fourth-order valence-electron chi connectivity index (χ4n) is 2.98. The molecule has 1 aliphatic rings. The number of hydrogen-bond donors (Lipinski definition) is 3. The number of ketones is 2. The van der Waals surface area contributed by atoms with Gasteiger partial charge in [-0.2, -0.15) is 0 Å². The van der Waals surface area contributed by atoms with Gasteiger partial charge in [0.15, 0.2) is 5.78 Å². The lowest BCUT2D eigenvalue weighted by molar-refractivity contribution is -0.138. The zero-order valence-electron chi connectivity index (χ0n) is 16.5. The van der Waals surface area contributed by atoms with E-state index in [9.17, 15) is 24.3 Å². The first-order valence-corrected chi connectivity index (χ1v) is 9.46. The van der Waals surface area contributed by atoms with Crippen molar-refractivity contribution >= 4 is 23.4 Å². The fourth-order valence-corrected chi connectivity index (χ4v) is 2.98. The van der Waals surface area contributed by atoms with Gasteiger partial charge in [0.25, 0.3) is 5.91 Å². The van der Waals surface area contributed by atoms with Crippen LogP contribution in [-0.4, -0.2) is 70.8 Å². The number of Topliss-reactive ketones (excluding diaryl/α,β-unsaturated/α-hetero) is 2. The average Bonchev–Trinajstić information content (AvgIpc) is 2.65. The molecule has 154 valence electrons. The highest BCUT2D eigenvalue weighted by Crippen LogP contribution is 2.22. The number of aliphatic hydroxyl groups excluding tert-OH is 2. The summed E-state index contributed by atoms with van der Waals surface area (Å²) in [6, 6.07) is 0. The number of piperidine rings is 1. The van der Waals surface area contributed by atoms with Crippen molar-refractivity contribution in [3.8, 4) is 0 Å². The molecule has 0 spiro atoms. The van der Waals surface area contributed by atoms with E-state index in [-0.39, 0.29) is 37.7 Å². The Hall–Kier alpha value is -1.80. The van der Waals surface area contributed by atoms with Gasteiger partial charge in [0.1, 0.15) is 6.10 Å². The molecule has 2 amide bonds. The Morgan fingerprint density at radius 2 is 1.74 bits per heavy atom. The van der Waals surface area contributed by atoms with E-state index in [0.717, 1.165) is 12.8 Å². The number of carbonyl (C=O) groups excluding carboxylic acids is 4. The van der Waals surface area contributed by atoms with Crippen LogP contribution in [0.5, 0.6) is 0 Å². The number of nitrogens with zero attached hydrogens (tertiary/aromatic N) is 1. The zero-order valence-corrected chi connectivity index (χ0v) is 16.5. The maximum absolute atomic E-state index is 11.9. The molecule has 0 aliphatic carbocycles. The largest absolute Gasteiger partial charge is 0.396 e. The number of rotatable bonds is 10. The Morgan fingerprint density at radius 1 is 1.15 bits per heavy atom. The molecule has 1 fully saturated rings. The molecule has 0 unspecified atom stereocenters. The molecule has 1 saturated heterocycles. The normalized spacial score (nSPS) is 16.7. The first kappa shape index (κ1) is 23.2. The molecule has 0 aromatic heterocycles. The third-order valence-corrected chi connectivity index (χ3v) is 5.14. The number of hydrogen-bond acceptors (Lipinski definition) is 6. The summed E-state index contributed by atoms with van der Waals surface area (Å²) in [4.78, 5) is 48.7. The Labute approximate surface area is 160 Å². The number of likely N-dealkylation sites (tertiary alicyclic amines) is 1. The molecule has 1 atom stereocenters.